The molecule has 0 saturated heterocycles. The summed E-state index contributed by atoms with van der Waals surface area (Å²) in [6.45, 7) is 15.5. The second-order valence-electron chi connectivity index (χ2n) is 8.29. The SMILES string of the molecule is COC(=O)[C@@H](O)[C@@H](CO[Si](C)(C)C(C)(C)C)NC(=O)OC(C)(C)C. The van der Waals surface area contributed by atoms with E-state index in [1.54, 1.807) is 20.8 Å². The number of amides is 1. The van der Waals surface area contributed by atoms with E-state index in [1.165, 1.54) is 7.11 Å². The van der Waals surface area contributed by atoms with E-state index < -0.39 is 38.1 Å². The van der Waals surface area contributed by atoms with Crippen LogP contribution < -0.4 is 5.32 Å². The Balaban J connectivity index is 5.08. The van der Waals surface area contributed by atoms with Gasteiger partial charge in [-0.2, -0.15) is 0 Å². The number of methoxy groups -OCH3 is 1. The van der Waals surface area contributed by atoms with Crippen molar-refractivity contribution in [2.24, 2.45) is 0 Å². The first-order chi connectivity index (χ1) is 10.6. The van der Waals surface area contributed by atoms with Crippen LogP contribution in [-0.2, 0) is 18.7 Å². The number of hydrogen-bond acceptors (Lipinski definition) is 6. The molecule has 7 nitrogen and oxygen atoms in total. The molecule has 0 aliphatic heterocycles. The molecule has 0 aromatic carbocycles. The summed E-state index contributed by atoms with van der Waals surface area (Å²) < 4.78 is 15.7. The van der Waals surface area contributed by atoms with E-state index in [-0.39, 0.29) is 11.6 Å². The highest BCUT2D eigenvalue weighted by Gasteiger charge is 2.39. The summed E-state index contributed by atoms with van der Waals surface area (Å²) in [5.74, 6) is -0.838. The number of aliphatic hydroxyl groups excluding tert-OH is 1. The average Bonchev–Trinajstić information content (AvgIpc) is 2.38. The van der Waals surface area contributed by atoms with Crippen LogP contribution in [0.3, 0.4) is 0 Å². The Bertz CT molecular complexity index is 439. The zero-order valence-electron chi connectivity index (χ0n) is 16.4. The van der Waals surface area contributed by atoms with Crippen molar-refractivity contribution in [3.63, 3.8) is 0 Å². The van der Waals surface area contributed by atoms with Gasteiger partial charge in [-0.1, -0.05) is 20.8 Å². The molecule has 2 N–H and O–H groups in total. The van der Waals surface area contributed by atoms with Crippen molar-refractivity contribution in [1.29, 1.82) is 0 Å². The molecule has 142 valence electrons. The zero-order chi connectivity index (χ0) is 19.3. The number of rotatable bonds is 6. The molecular formula is C16H33NO6Si. The van der Waals surface area contributed by atoms with Gasteiger partial charge in [0.15, 0.2) is 14.4 Å². The van der Waals surface area contributed by atoms with Crippen LogP contribution >= 0.6 is 0 Å². The van der Waals surface area contributed by atoms with Crippen LogP contribution in [0.1, 0.15) is 41.5 Å². The molecule has 0 aliphatic carbocycles. The second kappa shape index (κ2) is 8.31. The summed E-state index contributed by atoms with van der Waals surface area (Å²) in [7, 11) is -0.940. The molecule has 0 heterocycles. The lowest BCUT2D eigenvalue weighted by Gasteiger charge is -2.37. The molecule has 0 rings (SSSR count). The Morgan fingerprint density at radius 2 is 1.62 bits per heavy atom. The fraction of sp³-hybridized carbons (Fsp3) is 0.875. The predicted octanol–water partition coefficient (Wildman–Crippen LogP) is 2.44. The van der Waals surface area contributed by atoms with Crippen molar-refractivity contribution in [3.05, 3.63) is 0 Å². The van der Waals surface area contributed by atoms with Gasteiger partial charge in [0, 0.05) is 0 Å². The fourth-order valence-electron chi connectivity index (χ4n) is 1.47. The van der Waals surface area contributed by atoms with Gasteiger partial charge in [0.1, 0.15) is 5.60 Å². The molecule has 24 heavy (non-hydrogen) atoms. The van der Waals surface area contributed by atoms with Crippen molar-refractivity contribution < 1.29 is 28.6 Å². The molecule has 2 atom stereocenters. The lowest BCUT2D eigenvalue weighted by molar-refractivity contribution is -0.152. The molecule has 0 saturated carbocycles. The summed E-state index contributed by atoms with van der Waals surface area (Å²) in [6.07, 6.45) is -2.26. The van der Waals surface area contributed by atoms with Gasteiger partial charge in [0.2, 0.25) is 0 Å². The van der Waals surface area contributed by atoms with Crippen molar-refractivity contribution in [3.8, 4) is 0 Å². The van der Waals surface area contributed by atoms with Gasteiger partial charge in [-0.15, -0.1) is 0 Å². The third kappa shape index (κ3) is 7.63. The molecule has 0 aromatic rings. The molecule has 8 heteroatoms. The maximum absolute atomic E-state index is 12.0. The molecule has 0 bridgehead atoms. The molecule has 0 spiro atoms. The quantitative estimate of drug-likeness (QED) is 0.556. The Labute approximate surface area is 146 Å². The van der Waals surface area contributed by atoms with Crippen LogP contribution in [0.2, 0.25) is 18.1 Å². The summed E-state index contributed by atoms with van der Waals surface area (Å²) in [5, 5.41) is 12.6. The monoisotopic (exact) mass is 363 g/mol. The van der Waals surface area contributed by atoms with Crippen LogP contribution in [-0.4, -0.2) is 57.0 Å². The molecule has 0 unspecified atom stereocenters. The van der Waals surface area contributed by atoms with Crippen molar-refractivity contribution in [2.75, 3.05) is 13.7 Å². The Kier molecular flexibility index (Phi) is 7.92. The average molecular weight is 364 g/mol. The van der Waals surface area contributed by atoms with Crippen molar-refractivity contribution >= 4 is 20.4 Å². The maximum Gasteiger partial charge on any atom is 0.408 e. The molecule has 0 fully saturated rings. The zero-order valence-corrected chi connectivity index (χ0v) is 17.4. The van der Waals surface area contributed by atoms with E-state index in [1.807, 2.05) is 13.1 Å². The largest absolute Gasteiger partial charge is 0.467 e. The number of aliphatic hydroxyl groups is 1. The number of carbonyl (C=O) groups is 2. The number of alkyl carbamates (subject to hydrolysis) is 1. The molecule has 0 aromatic heterocycles. The lowest BCUT2D eigenvalue weighted by atomic mass is 10.2. The second-order valence-corrected chi connectivity index (χ2v) is 13.1. The Morgan fingerprint density at radius 3 is 2.00 bits per heavy atom. The standard InChI is InChI=1S/C16H33NO6Si/c1-15(2,3)23-14(20)17-11(12(18)13(19)21-7)10-22-24(8,9)16(4,5)6/h11-12,18H,10H2,1-9H3,(H,17,20)/t11-,12+/m1/s1. The molecule has 1 amide bonds. The minimum atomic E-state index is -2.11. The minimum absolute atomic E-state index is 0.00793. The van der Waals surface area contributed by atoms with Gasteiger partial charge in [-0.25, -0.2) is 9.59 Å². The van der Waals surface area contributed by atoms with E-state index in [4.69, 9.17) is 9.16 Å². The van der Waals surface area contributed by atoms with E-state index in [2.05, 4.69) is 30.8 Å². The fourth-order valence-corrected chi connectivity index (χ4v) is 2.50. The molecule has 0 aliphatic rings. The van der Waals surface area contributed by atoms with E-state index in [0.29, 0.717) is 0 Å². The maximum atomic E-state index is 12.0. The van der Waals surface area contributed by atoms with Gasteiger partial charge in [-0.3, -0.25) is 0 Å². The molecular weight excluding hydrogens is 330 g/mol. The summed E-state index contributed by atoms with van der Waals surface area (Å²) in [5.41, 5.74) is -0.689. The predicted molar refractivity (Wildman–Crippen MR) is 94.3 cm³/mol. The number of carbonyl (C=O) groups excluding carboxylic acids is 2. The smallest absolute Gasteiger partial charge is 0.408 e. The van der Waals surface area contributed by atoms with Gasteiger partial charge < -0.3 is 24.3 Å². The van der Waals surface area contributed by atoms with Gasteiger partial charge in [0.05, 0.1) is 19.8 Å². The third-order valence-corrected chi connectivity index (χ3v) is 8.46. The third-order valence-electron chi connectivity index (χ3n) is 3.96. The number of nitrogens with one attached hydrogen (secondary N) is 1. The van der Waals surface area contributed by atoms with Gasteiger partial charge >= 0.3 is 12.1 Å². The van der Waals surface area contributed by atoms with Gasteiger partial charge in [-0.05, 0) is 38.9 Å². The lowest BCUT2D eigenvalue weighted by Crippen LogP contribution is -2.53. The number of hydrogen-bond donors (Lipinski definition) is 2. The highest BCUT2D eigenvalue weighted by Crippen LogP contribution is 2.36. The Morgan fingerprint density at radius 1 is 1.12 bits per heavy atom. The normalized spacial score (nSPS) is 15.4. The van der Waals surface area contributed by atoms with E-state index >= 15 is 0 Å². The van der Waals surface area contributed by atoms with Crippen LogP contribution in [0.5, 0.6) is 0 Å². The number of ether oxygens (including phenoxy) is 2. The highest BCUT2D eigenvalue weighted by atomic mass is 28.4. The van der Waals surface area contributed by atoms with Crippen LogP contribution in [0.25, 0.3) is 0 Å². The summed E-state index contributed by atoms with van der Waals surface area (Å²) in [6, 6.07) is -0.957. The first-order valence-corrected chi connectivity index (χ1v) is 10.9. The van der Waals surface area contributed by atoms with Crippen molar-refractivity contribution in [2.45, 2.75) is 77.4 Å². The Hall–Kier alpha value is -1.12. The van der Waals surface area contributed by atoms with Crippen LogP contribution in [0.15, 0.2) is 0 Å². The number of esters is 1. The minimum Gasteiger partial charge on any atom is -0.467 e. The van der Waals surface area contributed by atoms with Gasteiger partial charge in [0.25, 0.3) is 0 Å². The van der Waals surface area contributed by atoms with E-state index in [9.17, 15) is 14.7 Å². The van der Waals surface area contributed by atoms with E-state index in [0.717, 1.165) is 0 Å². The van der Waals surface area contributed by atoms with Crippen LogP contribution in [0.4, 0.5) is 4.79 Å². The topological polar surface area (TPSA) is 94.1 Å². The highest BCUT2D eigenvalue weighted by molar-refractivity contribution is 6.74. The first-order valence-electron chi connectivity index (χ1n) is 8.00. The summed E-state index contributed by atoms with van der Waals surface area (Å²) >= 11 is 0. The van der Waals surface area contributed by atoms with Crippen LogP contribution in [0, 0.1) is 0 Å². The summed E-state index contributed by atoms with van der Waals surface area (Å²) in [4.78, 5) is 23.6. The first kappa shape index (κ1) is 22.9. The van der Waals surface area contributed by atoms with Crippen molar-refractivity contribution in [1.82, 2.24) is 5.32 Å². The molecule has 0 radical (unpaired) electrons.